The first-order valence-electron chi connectivity index (χ1n) is 7.08. The number of nitrogens with zero attached hydrogens (tertiary/aromatic N) is 3. The predicted octanol–water partition coefficient (Wildman–Crippen LogP) is 2.18. The molecule has 2 aliphatic rings. The van der Waals surface area contributed by atoms with E-state index >= 15 is 0 Å². The van der Waals surface area contributed by atoms with Crippen LogP contribution in [0.2, 0.25) is 0 Å². The maximum atomic E-state index is 11.6. The van der Waals surface area contributed by atoms with Crippen molar-refractivity contribution in [1.82, 2.24) is 4.98 Å². The largest absolute Gasteiger partial charge is 0.480 e. The highest BCUT2D eigenvalue weighted by molar-refractivity contribution is 5.80. The average Bonchev–Trinajstić information content (AvgIpc) is 2.86. The van der Waals surface area contributed by atoms with Crippen molar-refractivity contribution in [2.45, 2.75) is 44.2 Å². The number of carboxylic acids is 1. The van der Waals surface area contributed by atoms with E-state index in [0.29, 0.717) is 23.7 Å². The lowest BCUT2D eigenvalue weighted by atomic mass is 9.84. The Labute approximate surface area is 117 Å². The number of hydrogen-bond acceptors (Lipinski definition) is 4. The third-order valence-corrected chi connectivity index (χ3v) is 4.52. The Hall–Kier alpha value is -2.09. The lowest BCUT2D eigenvalue weighted by molar-refractivity contribution is -0.138. The molecule has 1 saturated heterocycles. The zero-order valence-electron chi connectivity index (χ0n) is 11.2. The maximum Gasteiger partial charge on any atom is 0.326 e. The predicted molar refractivity (Wildman–Crippen MR) is 73.2 cm³/mol. The van der Waals surface area contributed by atoms with Gasteiger partial charge in [0.1, 0.15) is 17.9 Å². The lowest BCUT2D eigenvalue weighted by Crippen LogP contribution is -2.43. The third-order valence-electron chi connectivity index (χ3n) is 4.52. The van der Waals surface area contributed by atoms with E-state index in [4.69, 9.17) is 0 Å². The van der Waals surface area contributed by atoms with Crippen molar-refractivity contribution in [3.05, 3.63) is 23.9 Å². The number of carboxylic acid groups (broad SMARTS) is 1. The molecule has 0 radical (unpaired) electrons. The zero-order valence-corrected chi connectivity index (χ0v) is 11.2. The summed E-state index contributed by atoms with van der Waals surface area (Å²) in [6, 6.07) is 5.21. The van der Waals surface area contributed by atoms with Crippen LogP contribution in [-0.4, -0.2) is 28.1 Å². The molecule has 3 rings (SSSR count). The Morgan fingerprint density at radius 2 is 2.25 bits per heavy atom. The Morgan fingerprint density at radius 1 is 1.45 bits per heavy atom. The van der Waals surface area contributed by atoms with Crippen molar-refractivity contribution in [1.29, 1.82) is 5.26 Å². The number of rotatable bonds is 2. The molecule has 2 heterocycles. The van der Waals surface area contributed by atoms with Gasteiger partial charge in [-0.15, -0.1) is 0 Å². The molecule has 3 atom stereocenters. The topological polar surface area (TPSA) is 77.2 Å². The fourth-order valence-electron chi connectivity index (χ4n) is 3.68. The number of aromatic nitrogens is 1. The molecular weight excluding hydrogens is 254 g/mol. The van der Waals surface area contributed by atoms with Crippen molar-refractivity contribution in [3.8, 4) is 6.07 Å². The lowest BCUT2D eigenvalue weighted by Gasteiger charge is -2.34. The van der Waals surface area contributed by atoms with E-state index in [0.717, 1.165) is 19.3 Å². The van der Waals surface area contributed by atoms with Gasteiger partial charge in [0.05, 0.1) is 5.56 Å². The first-order chi connectivity index (χ1) is 9.72. The molecule has 1 aromatic rings. The molecule has 1 aliphatic carbocycles. The summed E-state index contributed by atoms with van der Waals surface area (Å²) in [5.74, 6) is 0.143. The highest BCUT2D eigenvalue weighted by atomic mass is 16.4. The number of anilines is 1. The molecule has 5 nitrogen and oxygen atoms in total. The number of carbonyl (C=O) groups is 1. The summed E-state index contributed by atoms with van der Waals surface area (Å²) in [5.41, 5.74) is 0.463. The van der Waals surface area contributed by atoms with Crippen LogP contribution in [0.4, 0.5) is 5.82 Å². The summed E-state index contributed by atoms with van der Waals surface area (Å²) >= 11 is 0. The molecule has 2 fully saturated rings. The number of fused-ring (bicyclic) bond motifs is 1. The Morgan fingerprint density at radius 3 is 3.00 bits per heavy atom. The smallest absolute Gasteiger partial charge is 0.326 e. The molecule has 20 heavy (non-hydrogen) atoms. The molecule has 1 saturated carbocycles. The molecule has 3 unspecified atom stereocenters. The van der Waals surface area contributed by atoms with E-state index in [-0.39, 0.29) is 6.04 Å². The Bertz CT molecular complexity index is 566. The molecule has 1 aliphatic heterocycles. The minimum Gasteiger partial charge on any atom is -0.480 e. The summed E-state index contributed by atoms with van der Waals surface area (Å²) in [6.45, 7) is 0. The van der Waals surface area contributed by atoms with Gasteiger partial charge in [-0.3, -0.25) is 0 Å². The van der Waals surface area contributed by atoms with Gasteiger partial charge in [0, 0.05) is 12.2 Å². The standard InChI is InChI=1S/C15H17N3O2/c16-9-11-5-3-7-17-14(11)18-12-6-2-1-4-10(12)8-13(18)15(19)20/h3,5,7,10,12-13H,1-2,4,6,8H2,(H,19,20). The van der Waals surface area contributed by atoms with E-state index in [1.165, 1.54) is 6.42 Å². The van der Waals surface area contributed by atoms with E-state index in [1.54, 1.807) is 18.3 Å². The molecule has 104 valence electrons. The van der Waals surface area contributed by atoms with Gasteiger partial charge in [-0.1, -0.05) is 12.8 Å². The van der Waals surface area contributed by atoms with Crippen LogP contribution in [0.5, 0.6) is 0 Å². The average molecular weight is 271 g/mol. The van der Waals surface area contributed by atoms with Gasteiger partial charge in [-0.2, -0.15) is 5.26 Å². The minimum atomic E-state index is -0.811. The van der Waals surface area contributed by atoms with Crippen molar-refractivity contribution in [3.63, 3.8) is 0 Å². The van der Waals surface area contributed by atoms with Crippen LogP contribution in [-0.2, 0) is 4.79 Å². The molecule has 0 amide bonds. The molecule has 0 bridgehead atoms. The van der Waals surface area contributed by atoms with Crippen LogP contribution >= 0.6 is 0 Å². The number of pyridine rings is 1. The highest BCUT2D eigenvalue weighted by Gasteiger charge is 2.46. The van der Waals surface area contributed by atoms with Gasteiger partial charge in [-0.25, -0.2) is 9.78 Å². The summed E-state index contributed by atoms with van der Waals surface area (Å²) in [7, 11) is 0. The SMILES string of the molecule is N#Cc1cccnc1N1C(C(=O)O)CC2CCCCC21. The first kappa shape index (κ1) is 12.9. The van der Waals surface area contributed by atoms with Crippen molar-refractivity contribution >= 4 is 11.8 Å². The molecule has 0 spiro atoms. The van der Waals surface area contributed by atoms with Crippen molar-refractivity contribution in [2.24, 2.45) is 5.92 Å². The summed E-state index contributed by atoms with van der Waals surface area (Å²) in [5, 5.41) is 18.7. The van der Waals surface area contributed by atoms with Crippen LogP contribution in [0.25, 0.3) is 0 Å². The normalized spacial score (nSPS) is 28.8. The zero-order chi connectivity index (χ0) is 14.1. The molecule has 0 aromatic carbocycles. The van der Waals surface area contributed by atoms with Crippen LogP contribution in [0.15, 0.2) is 18.3 Å². The Balaban J connectivity index is 2.03. The van der Waals surface area contributed by atoms with Crippen LogP contribution < -0.4 is 4.90 Å². The van der Waals surface area contributed by atoms with Crippen molar-refractivity contribution < 1.29 is 9.90 Å². The minimum absolute atomic E-state index is 0.215. The van der Waals surface area contributed by atoms with E-state index in [9.17, 15) is 15.2 Å². The molecule has 1 N–H and O–H groups in total. The fraction of sp³-hybridized carbons (Fsp3) is 0.533. The Kier molecular flexibility index (Phi) is 3.31. The van der Waals surface area contributed by atoms with Crippen LogP contribution in [0, 0.1) is 17.2 Å². The highest BCUT2D eigenvalue weighted by Crippen LogP contribution is 2.42. The van der Waals surface area contributed by atoms with E-state index in [2.05, 4.69) is 11.1 Å². The van der Waals surface area contributed by atoms with Crippen molar-refractivity contribution in [2.75, 3.05) is 4.90 Å². The molecular formula is C15H17N3O2. The second-order valence-corrected chi connectivity index (χ2v) is 5.60. The second-order valence-electron chi connectivity index (χ2n) is 5.60. The monoisotopic (exact) mass is 271 g/mol. The van der Waals surface area contributed by atoms with E-state index in [1.807, 2.05) is 4.90 Å². The number of nitriles is 1. The fourth-order valence-corrected chi connectivity index (χ4v) is 3.68. The van der Waals surface area contributed by atoms with Gasteiger partial charge in [0.25, 0.3) is 0 Å². The van der Waals surface area contributed by atoms with Gasteiger partial charge < -0.3 is 10.0 Å². The second kappa shape index (κ2) is 5.12. The van der Waals surface area contributed by atoms with Gasteiger partial charge >= 0.3 is 5.97 Å². The summed E-state index contributed by atoms with van der Waals surface area (Å²) in [6.07, 6.45) is 6.68. The first-order valence-corrected chi connectivity index (χ1v) is 7.08. The van der Waals surface area contributed by atoms with Gasteiger partial charge in [0.15, 0.2) is 0 Å². The van der Waals surface area contributed by atoms with Gasteiger partial charge in [0.2, 0.25) is 0 Å². The van der Waals surface area contributed by atoms with Gasteiger partial charge in [-0.05, 0) is 37.3 Å². The van der Waals surface area contributed by atoms with Crippen LogP contribution in [0.3, 0.4) is 0 Å². The molecule has 5 heteroatoms. The maximum absolute atomic E-state index is 11.6. The van der Waals surface area contributed by atoms with Crippen LogP contribution in [0.1, 0.15) is 37.7 Å². The third kappa shape index (κ3) is 2.01. The number of hydrogen-bond donors (Lipinski definition) is 1. The van der Waals surface area contributed by atoms with E-state index < -0.39 is 12.0 Å². The summed E-state index contributed by atoms with van der Waals surface area (Å²) in [4.78, 5) is 17.8. The molecule has 1 aromatic heterocycles. The quantitative estimate of drug-likeness (QED) is 0.892. The number of aliphatic carboxylic acids is 1. The summed E-state index contributed by atoms with van der Waals surface area (Å²) < 4.78 is 0.